The molecule has 17 heavy (non-hydrogen) atoms. The molecule has 1 fully saturated rings. The number of aliphatic hydroxyl groups is 1. The molecule has 0 aliphatic heterocycles. The standard InChI is InChI=1S/C13H15NO2S/c1-8-4-10(8)12-2-3-13(16-12)11(15)5-9-6-14-7-17-9/h2-3,6-8,10-11,15H,4-5H2,1H3. The van der Waals surface area contributed by atoms with Gasteiger partial charge >= 0.3 is 0 Å². The molecule has 0 spiro atoms. The van der Waals surface area contributed by atoms with E-state index in [0.29, 0.717) is 18.1 Å². The van der Waals surface area contributed by atoms with Gasteiger partial charge in [0.2, 0.25) is 0 Å². The minimum Gasteiger partial charge on any atom is -0.463 e. The lowest BCUT2D eigenvalue weighted by molar-refractivity contribution is 0.149. The molecule has 2 heterocycles. The van der Waals surface area contributed by atoms with Crippen molar-refractivity contribution in [3.05, 3.63) is 40.2 Å². The summed E-state index contributed by atoms with van der Waals surface area (Å²) in [5, 5.41) is 10.1. The number of furan rings is 1. The van der Waals surface area contributed by atoms with Crippen LogP contribution in [0.1, 0.15) is 41.8 Å². The number of aliphatic hydroxyl groups excluding tert-OH is 1. The predicted molar refractivity (Wildman–Crippen MR) is 66.0 cm³/mol. The zero-order valence-corrected chi connectivity index (χ0v) is 10.5. The molecule has 0 amide bonds. The van der Waals surface area contributed by atoms with Gasteiger partial charge in [0.1, 0.15) is 17.6 Å². The van der Waals surface area contributed by atoms with Crippen LogP contribution in [0.5, 0.6) is 0 Å². The second kappa shape index (κ2) is 4.27. The van der Waals surface area contributed by atoms with Crippen LogP contribution in [-0.2, 0) is 6.42 Å². The normalized spacial score (nSPS) is 24.8. The maximum atomic E-state index is 10.1. The van der Waals surface area contributed by atoms with Gasteiger partial charge in [-0.2, -0.15) is 0 Å². The van der Waals surface area contributed by atoms with Gasteiger partial charge in [0.25, 0.3) is 0 Å². The van der Waals surface area contributed by atoms with E-state index in [2.05, 4.69) is 11.9 Å². The van der Waals surface area contributed by atoms with Gasteiger partial charge in [-0.1, -0.05) is 6.92 Å². The summed E-state index contributed by atoms with van der Waals surface area (Å²) in [5.41, 5.74) is 1.78. The van der Waals surface area contributed by atoms with Crippen LogP contribution in [0.4, 0.5) is 0 Å². The van der Waals surface area contributed by atoms with Crippen LogP contribution in [0.15, 0.2) is 28.3 Å². The number of thiazole rings is 1. The zero-order valence-electron chi connectivity index (χ0n) is 9.67. The molecule has 1 N–H and O–H groups in total. The molecule has 90 valence electrons. The Hall–Kier alpha value is -1.13. The molecule has 1 saturated carbocycles. The summed E-state index contributed by atoms with van der Waals surface area (Å²) in [5.74, 6) is 3.00. The lowest BCUT2D eigenvalue weighted by Crippen LogP contribution is -1.98. The molecule has 0 aromatic carbocycles. The summed E-state index contributed by atoms with van der Waals surface area (Å²) in [6, 6.07) is 3.89. The summed E-state index contributed by atoms with van der Waals surface area (Å²) in [7, 11) is 0. The van der Waals surface area contributed by atoms with Crippen LogP contribution >= 0.6 is 11.3 Å². The Morgan fingerprint density at radius 3 is 3.06 bits per heavy atom. The fourth-order valence-electron chi connectivity index (χ4n) is 2.10. The van der Waals surface area contributed by atoms with E-state index in [4.69, 9.17) is 4.42 Å². The van der Waals surface area contributed by atoms with E-state index >= 15 is 0 Å². The van der Waals surface area contributed by atoms with E-state index in [0.717, 1.165) is 16.6 Å². The van der Waals surface area contributed by atoms with Crippen LogP contribution in [-0.4, -0.2) is 10.1 Å². The molecule has 3 atom stereocenters. The highest BCUT2D eigenvalue weighted by Crippen LogP contribution is 2.47. The van der Waals surface area contributed by atoms with Crippen molar-refractivity contribution in [2.75, 3.05) is 0 Å². The first kappa shape index (κ1) is 11.0. The molecular formula is C13H15NO2S. The molecule has 2 aromatic heterocycles. The van der Waals surface area contributed by atoms with Crippen molar-refractivity contribution in [3.8, 4) is 0 Å². The van der Waals surface area contributed by atoms with E-state index in [1.165, 1.54) is 6.42 Å². The summed E-state index contributed by atoms with van der Waals surface area (Å²) >= 11 is 1.56. The second-order valence-electron chi connectivity index (χ2n) is 4.75. The molecule has 0 radical (unpaired) electrons. The van der Waals surface area contributed by atoms with E-state index < -0.39 is 6.10 Å². The van der Waals surface area contributed by atoms with Crippen LogP contribution in [0.2, 0.25) is 0 Å². The van der Waals surface area contributed by atoms with Gasteiger partial charge in [-0.3, -0.25) is 4.98 Å². The quantitative estimate of drug-likeness (QED) is 0.905. The van der Waals surface area contributed by atoms with Crippen molar-refractivity contribution < 1.29 is 9.52 Å². The van der Waals surface area contributed by atoms with Crippen molar-refractivity contribution in [2.45, 2.75) is 31.8 Å². The average Bonchev–Trinajstić information content (AvgIpc) is 2.79. The Morgan fingerprint density at radius 2 is 2.41 bits per heavy atom. The van der Waals surface area contributed by atoms with Gasteiger partial charge in [0, 0.05) is 23.4 Å². The molecule has 3 unspecified atom stereocenters. The molecule has 0 bridgehead atoms. The van der Waals surface area contributed by atoms with Gasteiger partial charge in [-0.15, -0.1) is 11.3 Å². The summed E-state index contributed by atoms with van der Waals surface area (Å²) < 4.78 is 5.72. The highest BCUT2D eigenvalue weighted by molar-refractivity contribution is 7.09. The largest absolute Gasteiger partial charge is 0.463 e. The first-order chi connectivity index (χ1) is 8.24. The first-order valence-electron chi connectivity index (χ1n) is 5.89. The van der Waals surface area contributed by atoms with Crippen LogP contribution in [0.25, 0.3) is 0 Å². The van der Waals surface area contributed by atoms with Crippen LogP contribution in [0.3, 0.4) is 0 Å². The monoisotopic (exact) mass is 249 g/mol. The lowest BCUT2D eigenvalue weighted by Gasteiger charge is -2.05. The number of hydrogen-bond donors (Lipinski definition) is 1. The fraction of sp³-hybridized carbons (Fsp3) is 0.462. The number of nitrogens with zero attached hydrogens (tertiary/aromatic N) is 1. The number of aromatic nitrogens is 1. The molecule has 1 aliphatic rings. The zero-order chi connectivity index (χ0) is 11.8. The molecule has 2 aromatic rings. The van der Waals surface area contributed by atoms with Crippen molar-refractivity contribution >= 4 is 11.3 Å². The predicted octanol–water partition coefficient (Wildman–Crippen LogP) is 3.14. The maximum Gasteiger partial charge on any atom is 0.133 e. The van der Waals surface area contributed by atoms with Crippen molar-refractivity contribution in [3.63, 3.8) is 0 Å². The fourth-order valence-corrected chi connectivity index (χ4v) is 2.73. The van der Waals surface area contributed by atoms with Gasteiger partial charge in [0.05, 0.1) is 5.51 Å². The minimum absolute atomic E-state index is 0.557. The highest BCUT2D eigenvalue weighted by Gasteiger charge is 2.36. The van der Waals surface area contributed by atoms with E-state index in [1.807, 2.05) is 12.1 Å². The Kier molecular flexibility index (Phi) is 2.76. The van der Waals surface area contributed by atoms with Crippen LogP contribution < -0.4 is 0 Å². The summed E-state index contributed by atoms with van der Waals surface area (Å²) in [6.07, 6.45) is 3.02. The maximum absolute atomic E-state index is 10.1. The highest BCUT2D eigenvalue weighted by atomic mass is 32.1. The van der Waals surface area contributed by atoms with E-state index in [9.17, 15) is 5.11 Å². The van der Waals surface area contributed by atoms with Gasteiger partial charge in [-0.25, -0.2) is 0 Å². The van der Waals surface area contributed by atoms with E-state index in [1.54, 1.807) is 23.0 Å². The van der Waals surface area contributed by atoms with Crippen molar-refractivity contribution in [2.24, 2.45) is 5.92 Å². The topological polar surface area (TPSA) is 46.3 Å². The molecule has 1 aliphatic carbocycles. The second-order valence-corrected chi connectivity index (χ2v) is 5.72. The Morgan fingerprint density at radius 1 is 1.59 bits per heavy atom. The smallest absolute Gasteiger partial charge is 0.133 e. The summed E-state index contributed by atoms with van der Waals surface area (Å²) in [6.45, 7) is 2.22. The third-order valence-electron chi connectivity index (χ3n) is 3.33. The molecular weight excluding hydrogens is 234 g/mol. The lowest BCUT2D eigenvalue weighted by atomic mass is 10.2. The SMILES string of the molecule is CC1CC1c1ccc(C(O)Cc2cncs2)o1. The third-order valence-corrected chi connectivity index (χ3v) is 4.13. The number of rotatable bonds is 4. The molecule has 4 heteroatoms. The third kappa shape index (κ3) is 2.28. The molecule has 3 nitrogen and oxygen atoms in total. The minimum atomic E-state index is -0.557. The van der Waals surface area contributed by atoms with Gasteiger partial charge < -0.3 is 9.52 Å². The Balaban J connectivity index is 1.69. The van der Waals surface area contributed by atoms with Crippen molar-refractivity contribution in [1.29, 1.82) is 0 Å². The molecule has 0 saturated heterocycles. The van der Waals surface area contributed by atoms with Crippen molar-refractivity contribution in [1.82, 2.24) is 4.98 Å². The molecule has 3 rings (SSSR count). The van der Waals surface area contributed by atoms with E-state index in [-0.39, 0.29) is 0 Å². The Labute approximate surface area is 104 Å². The average molecular weight is 249 g/mol. The Bertz CT molecular complexity index is 491. The number of hydrogen-bond acceptors (Lipinski definition) is 4. The van der Waals surface area contributed by atoms with Crippen LogP contribution in [0, 0.1) is 5.92 Å². The van der Waals surface area contributed by atoms with Gasteiger partial charge in [-0.05, 0) is 24.5 Å². The first-order valence-corrected chi connectivity index (χ1v) is 6.77. The van der Waals surface area contributed by atoms with Gasteiger partial charge in [0.15, 0.2) is 0 Å². The summed E-state index contributed by atoms with van der Waals surface area (Å²) in [4.78, 5) is 5.08.